The number of rotatable bonds is 4. The minimum atomic E-state index is -0.523. The number of carbonyl (C=O) groups excluding carboxylic acids is 2. The maximum atomic E-state index is 12.8. The van der Waals surface area contributed by atoms with E-state index in [1.165, 1.54) is 11.3 Å². The zero-order valence-electron chi connectivity index (χ0n) is 15.1. The monoisotopic (exact) mass is 490 g/mol. The van der Waals surface area contributed by atoms with Gasteiger partial charge in [-0.3, -0.25) is 14.9 Å². The first-order valence-corrected chi connectivity index (χ1v) is 11.0. The third-order valence-corrected chi connectivity index (χ3v) is 6.29. The van der Waals surface area contributed by atoms with Crippen LogP contribution in [-0.4, -0.2) is 39.5 Å². The first kappa shape index (κ1) is 20.0. The minimum absolute atomic E-state index is 0.146. The third-order valence-electron chi connectivity index (χ3n) is 4.63. The van der Waals surface area contributed by atoms with Gasteiger partial charge in [0.15, 0.2) is 0 Å². The molecule has 1 saturated heterocycles. The van der Waals surface area contributed by atoms with Crippen molar-refractivity contribution in [1.29, 1.82) is 0 Å². The van der Waals surface area contributed by atoms with Crippen LogP contribution >= 0.6 is 38.9 Å². The van der Waals surface area contributed by atoms with E-state index in [9.17, 15) is 9.59 Å². The maximum Gasteiger partial charge on any atom is 0.254 e. The van der Waals surface area contributed by atoms with Crippen molar-refractivity contribution in [2.75, 3.05) is 11.9 Å². The molecule has 0 aliphatic carbocycles. The average molecular weight is 492 g/mol. The van der Waals surface area contributed by atoms with Gasteiger partial charge in [0, 0.05) is 27.2 Å². The second kappa shape index (κ2) is 8.61. The molecule has 0 spiro atoms. The second-order valence-electron chi connectivity index (χ2n) is 6.58. The van der Waals surface area contributed by atoms with E-state index in [1.54, 1.807) is 29.2 Å². The van der Waals surface area contributed by atoms with Gasteiger partial charge in [0.2, 0.25) is 11.0 Å². The molecule has 1 aromatic heterocycles. The Morgan fingerprint density at radius 3 is 2.72 bits per heavy atom. The van der Waals surface area contributed by atoms with Gasteiger partial charge in [-0.05, 0) is 49.2 Å². The summed E-state index contributed by atoms with van der Waals surface area (Å²) >= 11 is 10.7. The lowest BCUT2D eigenvalue weighted by Crippen LogP contribution is -2.43. The lowest BCUT2D eigenvalue weighted by molar-refractivity contribution is -0.119. The highest BCUT2D eigenvalue weighted by Gasteiger charge is 2.35. The molecule has 9 heteroatoms. The van der Waals surface area contributed by atoms with E-state index in [-0.39, 0.29) is 11.8 Å². The zero-order valence-corrected chi connectivity index (χ0v) is 18.3. The fourth-order valence-electron chi connectivity index (χ4n) is 3.24. The van der Waals surface area contributed by atoms with E-state index >= 15 is 0 Å². The Hall–Kier alpha value is -2.29. The number of halogens is 2. The van der Waals surface area contributed by atoms with E-state index in [2.05, 4.69) is 31.4 Å². The van der Waals surface area contributed by atoms with E-state index in [1.807, 2.05) is 24.3 Å². The Kier molecular flexibility index (Phi) is 5.94. The van der Waals surface area contributed by atoms with Crippen molar-refractivity contribution in [1.82, 2.24) is 15.1 Å². The summed E-state index contributed by atoms with van der Waals surface area (Å²) in [7, 11) is 0. The molecule has 4 rings (SSSR count). The summed E-state index contributed by atoms with van der Waals surface area (Å²) in [5.41, 5.74) is 1.40. The van der Waals surface area contributed by atoms with Crippen molar-refractivity contribution in [3.05, 3.63) is 63.6 Å². The summed E-state index contributed by atoms with van der Waals surface area (Å²) in [4.78, 5) is 27.3. The Labute approximate surface area is 185 Å². The fraction of sp³-hybridized carbons (Fsp3) is 0.200. The third kappa shape index (κ3) is 4.49. The van der Waals surface area contributed by atoms with Crippen LogP contribution in [0.3, 0.4) is 0 Å². The molecule has 148 valence electrons. The first-order chi connectivity index (χ1) is 14.0. The highest BCUT2D eigenvalue weighted by Crippen LogP contribution is 2.29. The molecule has 0 saturated carbocycles. The van der Waals surface area contributed by atoms with Crippen LogP contribution in [-0.2, 0) is 4.79 Å². The standard InChI is InChI=1S/C20H16BrClN4O2S/c21-14-8-6-12(7-9-14)19(28)26-10-2-5-16(26)17(27)23-20-25-24-18(29-20)13-3-1-4-15(22)11-13/h1,3-4,6-9,11,16H,2,5,10H2,(H,23,25,27). The molecule has 1 aliphatic rings. The van der Waals surface area contributed by atoms with Crippen LogP contribution in [0.2, 0.25) is 5.02 Å². The molecule has 2 amide bonds. The fourth-order valence-corrected chi connectivity index (χ4v) is 4.44. The molecule has 2 heterocycles. The summed E-state index contributed by atoms with van der Waals surface area (Å²) in [6.45, 7) is 0.552. The Balaban J connectivity index is 1.46. The number of amides is 2. The van der Waals surface area contributed by atoms with Gasteiger partial charge in [0.05, 0.1) is 0 Å². The van der Waals surface area contributed by atoms with Crippen molar-refractivity contribution < 1.29 is 9.59 Å². The Morgan fingerprint density at radius 1 is 1.17 bits per heavy atom. The maximum absolute atomic E-state index is 12.8. The van der Waals surface area contributed by atoms with Gasteiger partial charge < -0.3 is 4.90 Å². The van der Waals surface area contributed by atoms with Crippen molar-refractivity contribution in [3.8, 4) is 10.6 Å². The second-order valence-corrected chi connectivity index (χ2v) is 8.91. The SMILES string of the molecule is O=C(Nc1nnc(-c2cccc(Cl)c2)s1)C1CCCN1C(=O)c1ccc(Br)cc1. The number of hydrogen-bond acceptors (Lipinski definition) is 5. The van der Waals surface area contributed by atoms with E-state index in [4.69, 9.17) is 11.6 Å². The number of anilines is 1. The number of aromatic nitrogens is 2. The van der Waals surface area contributed by atoms with Crippen molar-refractivity contribution >= 4 is 55.8 Å². The van der Waals surface area contributed by atoms with Gasteiger partial charge in [-0.25, -0.2) is 0 Å². The number of hydrogen-bond donors (Lipinski definition) is 1. The van der Waals surface area contributed by atoms with Gasteiger partial charge >= 0.3 is 0 Å². The highest BCUT2D eigenvalue weighted by atomic mass is 79.9. The Bertz CT molecular complexity index is 1060. The summed E-state index contributed by atoms with van der Waals surface area (Å²) in [6.07, 6.45) is 1.40. The van der Waals surface area contributed by atoms with Crippen LogP contribution in [0.5, 0.6) is 0 Å². The number of carbonyl (C=O) groups is 2. The van der Waals surface area contributed by atoms with Crippen LogP contribution in [0, 0.1) is 0 Å². The molecule has 1 N–H and O–H groups in total. The smallest absolute Gasteiger partial charge is 0.254 e. The molecule has 1 fully saturated rings. The average Bonchev–Trinajstić information content (AvgIpc) is 3.38. The van der Waals surface area contributed by atoms with E-state index < -0.39 is 6.04 Å². The first-order valence-electron chi connectivity index (χ1n) is 8.98. The van der Waals surface area contributed by atoms with Gasteiger partial charge in [-0.1, -0.05) is 51.0 Å². The molecule has 0 bridgehead atoms. The minimum Gasteiger partial charge on any atom is -0.327 e. The zero-order chi connectivity index (χ0) is 20.4. The molecular weight excluding hydrogens is 476 g/mol. The van der Waals surface area contributed by atoms with Crippen LogP contribution in [0.25, 0.3) is 10.6 Å². The number of nitrogens with zero attached hydrogens (tertiary/aromatic N) is 3. The van der Waals surface area contributed by atoms with Crippen molar-refractivity contribution in [2.24, 2.45) is 0 Å². The predicted octanol–water partition coefficient (Wildman–Crippen LogP) is 4.86. The molecule has 29 heavy (non-hydrogen) atoms. The molecule has 3 aromatic rings. The van der Waals surface area contributed by atoms with Crippen LogP contribution < -0.4 is 5.32 Å². The summed E-state index contributed by atoms with van der Waals surface area (Å²) in [6, 6.07) is 13.9. The molecular formula is C20H16BrClN4O2S. The van der Waals surface area contributed by atoms with Gasteiger partial charge in [-0.15, -0.1) is 10.2 Å². The van der Waals surface area contributed by atoms with Crippen molar-refractivity contribution in [3.63, 3.8) is 0 Å². The van der Waals surface area contributed by atoms with Gasteiger partial charge in [0.25, 0.3) is 5.91 Å². The molecule has 1 unspecified atom stereocenters. The van der Waals surface area contributed by atoms with Crippen LogP contribution in [0.15, 0.2) is 53.0 Å². The lowest BCUT2D eigenvalue weighted by atomic mass is 10.1. The van der Waals surface area contributed by atoms with Gasteiger partial charge in [0.1, 0.15) is 11.0 Å². The number of benzene rings is 2. The topological polar surface area (TPSA) is 75.2 Å². The molecule has 1 aliphatic heterocycles. The lowest BCUT2D eigenvalue weighted by Gasteiger charge is -2.23. The van der Waals surface area contributed by atoms with Crippen LogP contribution in [0.1, 0.15) is 23.2 Å². The Morgan fingerprint density at radius 2 is 1.97 bits per heavy atom. The number of likely N-dealkylation sites (tertiary alicyclic amines) is 1. The van der Waals surface area contributed by atoms with Crippen molar-refractivity contribution in [2.45, 2.75) is 18.9 Å². The quantitative estimate of drug-likeness (QED) is 0.565. The van der Waals surface area contributed by atoms with E-state index in [0.29, 0.717) is 33.7 Å². The molecule has 6 nitrogen and oxygen atoms in total. The molecule has 1 atom stereocenters. The van der Waals surface area contributed by atoms with E-state index in [0.717, 1.165) is 16.5 Å². The molecule has 0 radical (unpaired) electrons. The van der Waals surface area contributed by atoms with Gasteiger partial charge in [-0.2, -0.15) is 0 Å². The normalized spacial score (nSPS) is 16.1. The predicted molar refractivity (Wildman–Crippen MR) is 117 cm³/mol. The highest BCUT2D eigenvalue weighted by molar-refractivity contribution is 9.10. The molecule has 2 aromatic carbocycles. The van der Waals surface area contributed by atoms with Crippen LogP contribution in [0.4, 0.5) is 5.13 Å². The number of nitrogens with one attached hydrogen (secondary N) is 1. The summed E-state index contributed by atoms with van der Waals surface area (Å²) in [5, 5.41) is 12.7. The summed E-state index contributed by atoms with van der Waals surface area (Å²) < 4.78 is 0.900. The summed E-state index contributed by atoms with van der Waals surface area (Å²) in [5.74, 6) is -0.395. The largest absolute Gasteiger partial charge is 0.327 e.